The molecule has 0 unspecified atom stereocenters. The van der Waals surface area contributed by atoms with E-state index in [2.05, 4.69) is 5.32 Å². The minimum atomic E-state index is -3.60. The van der Waals surface area contributed by atoms with Crippen LogP contribution in [-0.2, 0) is 21.4 Å². The maximum absolute atomic E-state index is 12.7. The number of hydrogen-bond acceptors (Lipinski definition) is 5. The van der Waals surface area contributed by atoms with Crippen LogP contribution in [0, 0.1) is 0 Å². The predicted octanol–water partition coefficient (Wildman–Crippen LogP) is 3.05. The summed E-state index contributed by atoms with van der Waals surface area (Å²) in [6.07, 6.45) is 3.89. The monoisotopic (exact) mass is 426 g/mol. The molecule has 0 saturated carbocycles. The van der Waals surface area contributed by atoms with E-state index in [0.29, 0.717) is 39.3 Å². The summed E-state index contributed by atoms with van der Waals surface area (Å²) in [5.74, 6) is 0.335. The second-order valence-electron chi connectivity index (χ2n) is 6.49. The van der Waals surface area contributed by atoms with Crippen LogP contribution in [0.3, 0.4) is 0 Å². The largest absolute Gasteiger partial charge is 0.467 e. The van der Waals surface area contributed by atoms with Crippen LogP contribution in [0.4, 0.5) is 0 Å². The lowest BCUT2D eigenvalue weighted by Gasteiger charge is -2.16. The number of benzene rings is 1. The number of ether oxygens (including phenoxy) is 1. The molecule has 1 fully saturated rings. The molecular formula is C19H23ClN2O5S. The highest BCUT2D eigenvalue weighted by atomic mass is 35.5. The first-order valence-electron chi connectivity index (χ1n) is 9.16. The molecule has 1 saturated heterocycles. The van der Waals surface area contributed by atoms with Gasteiger partial charge in [0.2, 0.25) is 10.0 Å². The van der Waals surface area contributed by atoms with Gasteiger partial charge in [0.25, 0.3) is 5.91 Å². The van der Waals surface area contributed by atoms with Crippen LogP contribution in [0.2, 0.25) is 5.02 Å². The van der Waals surface area contributed by atoms with Gasteiger partial charge in [-0.1, -0.05) is 11.6 Å². The minimum absolute atomic E-state index is 0.0886. The average molecular weight is 427 g/mol. The molecule has 152 valence electrons. The lowest BCUT2D eigenvalue weighted by molar-refractivity contribution is 0.0917. The second kappa shape index (κ2) is 9.56. The smallest absolute Gasteiger partial charge is 0.252 e. The summed E-state index contributed by atoms with van der Waals surface area (Å²) >= 11 is 6.12. The van der Waals surface area contributed by atoms with Crippen molar-refractivity contribution in [1.82, 2.24) is 9.62 Å². The average Bonchev–Trinajstić information content (AvgIpc) is 3.38. The van der Waals surface area contributed by atoms with Gasteiger partial charge in [-0.2, -0.15) is 4.31 Å². The lowest BCUT2D eigenvalue weighted by atomic mass is 10.2. The number of amides is 1. The molecule has 1 aliphatic heterocycles. The van der Waals surface area contributed by atoms with E-state index in [4.69, 9.17) is 20.8 Å². The number of nitrogens with one attached hydrogen (secondary N) is 1. The summed E-state index contributed by atoms with van der Waals surface area (Å²) in [6.45, 7) is 2.23. The maximum atomic E-state index is 12.7. The summed E-state index contributed by atoms with van der Waals surface area (Å²) in [5.41, 5.74) is 0.151. The number of halogens is 1. The van der Waals surface area contributed by atoms with E-state index < -0.39 is 15.9 Å². The van der Waals surface area contributed by atoms with Crippen LogP contribution in [0.15, 0.2) is 45.9 Å². The minimum Gasteiger partial charge on any atom is -0.467 e. The van der Waals surface area contributed by atoms with Crippen molar-refractivity contribution in [2.24, 2.45) is 0 Å². The summed E-state index contributed by atoms with van der Waals surface area (Å²) in [6, 6.07) is 7.85. The van der Waals surface area contributed by atoms with E-state index in [-0.39, 0.29) is 15.5 Å². The number of nitrogens with zero attached hydrogens (tertiary/aromatic N) is 1. The molecule has 1 aromatic heterocycles. The third-order valence-electron chi connectivity index (χ3n) is 4.46. The van der Waals surface area contributed by atoms with Gasteiger partial charge in [-0.3, -0.25) is 4.79 Å². The van der Waals surface area contributed by atoms with Crippen molar-refractivity contribution in [1.29, 1.82) is 0 Å². The highest BCUT2D eigenvalue weighted by Gasteiger charge is 2.28. The standard InChI is InChI=1S/C19H23ClN2O5S/c20-18-7-6-16(28(24,25)22-9-1-2-10-22)13-17(18)19(23)21-8-4-11-26-14-15-5-3-12-27-15/h3,5-7,12-13H,1-2,4,8-11,14H2,(H,21,23). The molecule has 0 spiro atoms. The molecule has 0 radical (unpaired) electrons. The van der Waals surface area contributed by atoms with Crippen molar-refractivity contribution in [2.45, 2.75) is 30.8 Å². The van der Waals surface area contributed by atoms with E-state index in [1.54, 1.807) is 12.3 Å². The summed E-state index contributed by atoms with van der Waals surface area (Å²) < 4.78 is 37.4. The molecule has 7 nitrogen and oxygen atoms in total. The zero-order chi connectivity index (χ0) is 20.0. The molecule has 1 amide bonds. The van der Waals surface area contributed by atoms with Gasteiger partial charge in [0.15, 0.2) is 0 Å². The van der Waals surface area contributed by atoms with Crippen LogP contribution in [0.1, 0.15) is 35.4 Å². The quantitative estimate of drug-likeness (QED) is 0.622. The van der Waals surface area contributed by atoms with Gasteiger partial charge in [0, 0.05) is 26.2 Å². The van der Waals surface area contributed by atoms with Gasteiger partial charge in [-0.05, 0) is 49.6 Å². The van der Waals surface area contributed by atoms with Gasteiger partial charge in [-0.15, -0.1) is 0 Å². The molecule has 28 heavy (non-hydrogen) atoms. The Morgan fingerprint density at radius 2 is 2.04 bits per heavy atom. The molecule has 9 heteroatoms. The lowest BCUT2D eigenvalue weighted by Crippen LogP contribution is -2.29. The number of furan rings is 1. The van der Waals surface area contributed by atoms with Crippen LogP contribution < -0.4 is 5.32 Å². The first-order valence-corrected chi connectivity index (χ1v) is 11.0. The van der Waals surface area contributed by atoms with Crippen molar-refractivity contribution < 1.29 is 22.4 Å². The zero-order valence-corrected chi connectivity index (χ0v) is 17.0. The van der Waals surface area contributed by atoms with E-state index in [9.17, 15) is 13.2 Å². The molecule has 2 aromatic rings. The molecule has 1 N–H and O–H groups in total. The van der Waals surface area contributed by atoms with Gasteiger partial charge in [0.05, 0.1) is 21.7 Å². The Bertz CT molecular complexity index is 893. The van der Waals surface area contributed by atoms with Gasteiger partial charge < -0.3 is 14.5 Å². The Hall–Kier alpha value is -1.87. The molecule has 0 bridgehead atoms. The Kier molecular flexibility index (Phi) is 7.12. The molecule has 0 aliphatic carbocycles. The van der Waals surface area contributed by atoms with Crippen LogP contribution in [-0.4, -0.2) is 44.9 Å². The Morgan fingerprint density at radius 3 is 2.75 bits per heavy atom. The van der Waals surface area contributed by atoms with Crippen molar-refractivity contribution >= 4 is 27.5 Å². The third-order valence-corrected chi connectivity index (χ3v) is 6.68. The highest BCUT2D eigenvalue weighted by molar-refractivity contribution is 7.89. The van der Waals surface area contributed by atoms with E-state index in [0.717, 1.165) is 18.6 Å². The third kappa shape index (κ3) is 5.14. The zero-order valence-electron chi connectivity index (χ0n) is 15.4. The first-order chi connectivity index (χ1) is 13.5. The summed E-state index contributed by atoms with van der Waals surface area (Å²) in [4.78, 5) is 12.5. The Labute approximate surface area is 169 Å². The summed E-state index contributed by atoms with van der Waals surface area (Å²) in [7, 11) is -3.60. The van der Waals surface area contributed by atoms with Crippen molar-refractivity contribution in [2.75, 3.05) is 26.2 Å². The first kappa shape index (κ1) is 20.9. The van der Waals surface area contributed by atoms with Crippen LogP contribution >= 0.6 is 11.6 Å². The molecular weight excluding hydrogens is 404 g/mol. The predicted molar refractivity (Wildman–Crippen MR) is 105 cm³/mol. The van der Waals surface area contributed by atoms with E-state index >= 15 is 0 Å². The normalized spacial score (nSPS) is 15.0. The number of carbonyl (C=O) groups is 1. The number of carbonyl (C=O) groups excluding carboxylic acids is 1. The molecule has 1 aromatic carbocycles. The fourth-order valence-electron chi connectivity index (χ4n) is 2.96. The fraction of sp³-hybridized carbons (Fsp3) is 0.421. The maximum Gasteiger partial charge on any atom is 0.252 e. The SMILES string of the molecule is O=C(NCCCOCc1ccco1)c1cc(S(=O)(=O)N2CCCC2)ccc1Cl. The van der Waals surface area contributed by atoms with Crippen molar-refractivity contribution in [3.8, 4) is 0 Å². The van der Waals surface area contributed by atoms with Crippen molar-refractivity contribution in [3.05, 3.63) is 52.9 Å². The molecule has 3 rings (SSSR count). The second-order valence-corrected chi connectivity index (χ2v) is 8.84. The Balaban J connectivity index is 1.53. The molecule has 2 heterocycles. The van der Waals surface area contributed by atoms with Crippen molar-refractivity contribution in [3.63, 3.8) is 0 Å². The van der Waals surface area contributed by atoms with Gasteiger partial charge in [-0.25, -0.2) is 8.42 Å². The number of sulfonamides is 1. The fourth-order valence-corrected chi connectivity index (χ4v) is 4.70. The van der Waals surface area contributed by atoms with Crippen LogP contribution in [0.25, 0.3) is 0 Å². The van der Waals surface area contributed by atoms with Gasteiger partial charge in [0.1, 0.15) is 12.4 Å². The Morgan fingerprint density at radius 1 is 1.25 bits per heavy atom. The number of hydrogen-bond donors (Lipinski definition) is 1. The highest BCUT2D eigenvalue weighted by Crippen LogP contribution is 2.25. The van der Waals surface area contributed by atoms with Gasteiger partial charge >= 0.3 is 0 Å². The summed E-state index contributed by atoms with van der Waals surface area (Å²) in [5, 5.41) is 2.96. The topological polar surface area (TPSA) is 88.8 Å². The number of rotatable bonds is 9. The van der Waals surface area contributed by atoms with E-state index in [1.165, 1.54) is 22.5 Å². The molecule has 0 atom stereocenters. The van der Waals surface area contributed by atoms with Crippen LogP contribution in [0.5, 0.6) is 0 Å². The molecule has 1 aliphatic rings. The van der Waals surface area contributed by atoms with E-state index in [1.807, 2.05) is 6.07 Å².